The molecular formula is C30H45N5O5. The second-order valence-electron chi connectivity index (χ2n) is 9.96. The summed E-state index contributed by atoms with van der Waals surface area (Å²) in [5.41, 5.74) is 2.38. The van der Waals surface area contributed by atoms with E-state index in [1.54, 1.807) is 12.0 Å². The van der Waals surface area contributed by atoms with Gasteiger partial charge in [0.05, 0.1) is 7.11 Å². The average Bonchev–Trinajstić information content (AvgIpc) is 2.97. The third kappa shape index (κ3) is 9.89. The van der Waals surface area contributed by atoms with E-state index in [0.717, 1.165) is 68.2 Å². The van der Waals surface area contributed by atoms with E-state index in [9.17, 15) is 14.7 Å². The molecule has 0 unspecified atom stereocenters. The number of urea groups is 1. The Morgan fingerprint density at radius 3 is 2.50 bits per heavy atom. The smallest absolute Gasteiger partial charge is 0.326 e. The number of amides is 2. The minimum Gasteiger partial charge on any atom is -0.497 e. The molecule has 1 aromatic heterocycles. The van der Waals surface area contributed by atoms with Crippen molar-refractivity contribution in [1.82, 2.24) is 20.1 Å². The van der Waals surface area contributed by atoms with Gasteiger partial charge in [-0.3, -0.25) is 4.90 Å². The number of carboxylic acids is 1. The van der Waals surface area contributed by atoms with Crippen LogP contribution in [0.25, 0.3) is 0 Å². The molecular weight excluding hydrogens is 510 g/mol. The number of unbranched alkanes of at least 4 members (excludes halogenated alkanes) is 1. The molecule has 2 amide bonds. The predicted octanol–water partition coefficient (Wildman–Crippen LogP) is 4.05. The van der Waals surface area contributed by atoms with Crippen LogP contribution >= 0.6 is 0 Å². The number of aliphatic carboxylic acids is 1. The van der Waals surface area contributed by atoms with Crippen LogP contribution in [0.4, 0.5) is 10.6 Å². The molecule has 220 valence electrons. The lowest BCUT2D eigenvalue weighted by atomic mass is 10.1. The number of carboxylic acid groups (broad SMARTS) is 1. The number of nitrogens with one attached hydrogen (secondary N) is 2. The molecule has 0 saturated carbocycles. The number of aryl methyl sites for hydroxylation is 2. The molecule has 0 aliphatic carbocycles. The van der Waals surface area contributed by atoms with Gasteiger partial charge in [0.25, 0.3) is 0 Å². The molecule has 2 aromatic rings. The van der Waals surface area contributed by atoms with E-state index in [4.69, 9.17) is 14.5 Å². The van der Waals surface area contributed by atoms with Gasteiger partial charge in [-0.1, -0.05) is 6.07 Å². The third-order valence-corrected chi connectivity index (χ3v) is 7.23. The van der Waals surface area contributed by atoms with Crippen LogP contribution in [0.1, 0.15) is 50.8 Å². The number of rotatable bonds is 17. The van der Waals surface area contributed by atoms with Crippen LogP contribution in [0.3, 0.4) is 0 Å². The summed E-state index contributed by atoms with van der Waals surface area (Å²) in [5, 5.41) is 15.8. The van der Waals surface area contributed by atoms with Gasteiger partial charge in [-0.25, -0.2) is 14.6 Å². The highest BCUT2D eigenvalue weighted by atomic mass is 16.5. The number of fused-ring (bicyclic) bond motifs is 1. The molecule has 0 radical (unpaired) electrons. The average molecular weight is 556 g/mol. The topological polar surface area (TPSA) is 116 Å². The number of aromatic nitrogens is 1. The molecule has 0 spiro atoms. The van der Waals surface area contributed by atoms with Crippen molar-refractivity contribution >= 4 is 17.8 Å². The van der Waals surface area contributed by atoms with Gasteiger partial charge in [0.1, 0.15) is 30.0 Å². The maximum absolute atomic E-state index is 12.5. The van der Waals surface area contributed by atoms with E-state index >= 15 is 0 Å². The summed E-state index contributed by atoms with van der Waals surface area (Å²) in [6, 6.07) is 10.5. The largest absolute Gasteiger partial charge is 0.497 e. The zero-order valence-electron chi connectivity index (χ0n) is 24.2. The molecule has 3 rings (SSSR count). The number of benzene rings is 1. The fourth-order valence-electron chi connectivity index (χ4n) is 4.77. The van der Waals surface area contributed by atoms with Gasteiger partial charge >= 0.3 is 12.0 Å². The summed E-state index contributed by atoms with van der Waals surface area (Å²) < 4.78 is 11.1. The Morgan fingerprint density at radius 1 is 1.05 bits per heavy atom. The quantitative estimate of drug-likeness (QED) is 0.251. The number of nitrogens with zero attached hydrogens (tertiary/aromatic N) is 3. The Bertz CT molecular complexity index is 1060. The van der Waals surface area contributed by atoms with Crippen LogP contribution in [0.5, 0.6) is 11.5 Å². The Kier molecular flexibility index (Phi) is 12.8. The van der Waals surface area contributed by atoms with Gasteiger partial charge in [-0.2, -0.15) is 0 Å². The Balaban J connectivity index is 1.53. The standard InChI is InChI=1S/C30H45N5O5/c1-4-35(5-2)30(38)33-27(29(36)37)17-20-34(21-22-40-26-15-13-25(39-3)14-16-26)19-7-6-10-24-12-11-23-9-8-18-31-28(23)32-24/h11-16,27H,4-10,17-22H2,1-3H3,(H,31,32)(H,33,38)(H,36,37)/t27-/m0/s1. The lowest BCUT2D eigenvalue weighted by Crippen LogP contribution is -2.49. The van der Waals surface area contributed by atoms with Gasteiger partial charge in [0, 0.05) is 38.4 Å². The van der Waals surface area contributed by atoms with E-state index in [2.05, 4.69) is 27.7 Å². The third-order valence-electron chi connectivity index (χ3n) is 7.23. The molecule has 1 aliphatic heterocycles. The van der Waals surface area contributed by atoms with E-state index in [0.29, 0.717) is 39.2 Å². The number of ether oxygens (including phenoxy) is 2. The number of hydrogen-bond acceptors (Lipinski definition) is 7. The molecule has 3 N–H and O–H groups in total. The first-order valence-electron chi connectivity index (χ1n) is 14.4. The molecule has 1 atom stereocenters. The van der Waals surface area contributed by atoms with Crippen molar-refractivity contribution in [3.05, 3.63) is 47.7 Å². The van der Waals surface area contributed by atoms with Gasteiger partial charge in [0.2, 0.25) is 0 Å². The molecule has 0 bridgehead atoms. The normalized spacial score (nSPS) is 13.2. The number of methoxy groups -OCH3 is 1. The van der Waals surface area contributed by atoms with Crippen molar-refractivity contribution in [2.75, 3.05) is 58.3 Å². The lowest BCUT2D eigenvalue weighted by molar-refractivity contribution is -0.139. The van der Waals surface area contributed by atoms with Crippen LogP contribution < -0.4 is 20.1 Å². The van der Waals surface area contributed by atoms with Gasteiger partial charge in [0.15, 0.2) is 0 Å². The lowest BCUT2D eigenvalue weighted by Gasteiger charge is -2.26. The van der Waals surface area contributed by atoms with Crippen LogP contribution in [0.15, 0.2) is 36.4 Å². The van der Waals surface area contributed by atoms with Gasteiger partial charge in [-0.05, 0) is 94.8 Å². The second kappa shape index (κ2) is 16.5. The summed E-state index contributed by atoms with van der Waals surface area (Å²) in [7, 11) is 1.63. The summed E-state index contributed by atoms with van der Waals surface area (Å²) in [6.45, 7) is 8.21. The van der Waals surface area contributed by atoms with Crippen LogP contribution in [0, 0.1) is 0 Å². The number of anilines is 1. The molecule has 10 heteroatoms. The molecule has 1 aliphatic rings. The fourth-order valence-corrected chi connectivity index (χ4v) is 4.77. The molecule has 2 heterocycles. The highest BCUT2D eigenvalue weighted by Crippen LogP contribution is 2.20. The minimum absolute atomic E-state index is 0.308. The van der Waals surface area contributed by atoms with E-state index in [-0.39, 0.29) is 6.03 Å². The Morgan fingerprint density at radius 2 is 1.80 bits per heavy atom. The van der Waals surface area contributed by atoms with Gasteiger partial charge in [-0.15, -0.1) is 0 Å². The first-order chi connectivity index (χ1) is 19.4. The second-order valence-corrected chi connectivity index (χ2v) is 9.96. The molecule has 0 saturated heterocycles. The van der Waals surface area contributed by atoms with Crippen molar-refractivity contribution < 1.29 is 24.2 Å². The van der Waals surface area contributed by atoms with Crippen LogP contribution in [-0.2, 0) is 17.6 Å². The first-order valence-corrected chi connectivity index (χ1v) is 14.4. The maximum atomic E-state index is 12.5. The highest BCUT2D eigenvalue weighted by molar-refractivity contribution is 5.82. The Hall–Kier alpha value is -3.53. The van der Waals surface area contributed by atoms with E-state index in [1.807, 2.05) is 38.1 Å². The molecule has 10 nitrogen and oxygen atoms in total. The molecule has 40 heavy (non-hydrogen) atoms. The number of carbonyl (C=O) groups is 2. The Labute approximate surface area is 238 Å². The fraction of sp³-hybridized carbons (Fsp3) is 0.567. The predicted molar refractivity (Wildman–Crippen MR) is 156 cm³/mol. The van der Waals surface area contributed by atoms with Gasteiger partial charge < -0.3 is 30.1 Å². The van der Waals surface area contributed by atoms with E-state index in [1.165, 1.54) is 5.56 Å². The van der Waals surface area contributed by atoms with E-state index < -0.39 is 12.0 Å². The summed E-state index contributed by atoms with van der Waals surface area (Å²) in [5.74, 6) is 1.52. The minimum atomic E-state index is -1.03. The molecule has 0 fully saturated rings. The summed E-state index contributed by atoms with van der Waals surface area (Å²) >= 11 is 0. The number of carbonyl (C=O) groups excluding carboxylic acids is 1. The van der Waals surface area contributed by atoms with Crippen molar-refractivity contribution in [3.63, 3.8) is 0 Å². The van der Waals surface area contributed by atoms with Crippen molar-refractivity contribution in [3.8, 4) is 11.5 Å². The monoisotopic (exact) mass is 555 g/mol. The van der Waals surface area contributed by atoms with Crippen molar-refractivity contribution in [2.24, 2.45) is 0 Å². The highest BCUT2D eigenvalue weighted by Gasteiger charge is 2.23. The molecule has 1 aromatic carbocycles. The summed E-state index contributed by atoms with van der Waals surface area (Å²) in [4.78, 5) is 33.0. The first kappa shape index (κ1) is 31.0. The van der Waals surface area contributed by atoms with Crippen molar-refractivity contribution in [1.29, 1.82) is 0 Å². The maximum Gasteiger partial charge on any atom is 0.326 e. The number of hydrogen-bond donors (Lipinski definition) is 3. The number of pyridine rings is 1. The summed E-state index contributed by atoms with van der Waals surface area (Å²) in [6.07, 6.45) is 5.34. The van der Waals surface area contributed by atoms with Crippen LogP contribution in [0.2, 0.25) is 0 Å². The van der Waals surface area contributed by atoms with Crippen molar-refractivity contribution in [2.45, 2.75) is 58.4 Å². The zero-order valence-corrected chi connectivity index (χ0v) is 24.2. The SMILES string of the molecule is CCN(CC)C(=O)N[C@@H](CCN(CCCCc1ccc2c(n1)NCCC2)CCOc1ccc(OC)cc1)C(=O)O. The zero-order chi connectivity index (χ0) is 28.7. The van der Waals surface area contributed by atoms with Crippen LogP contribution in [-0.4, -0.2) is 90.9 Å².